The summed E-state index contributed by atoms with van der Waals surface area (Å²) in [6, 6.07) is 6.91. The van der Waals surface area contributed by atoms with E-state index < -0.39 is 5.67 Å². The van der Waals surface area contributed by atoms with Crippen molar-refractivity contribution in [3.05, 3.63) is 29.8 Å². The number of likely N-dealkylation sites (tertiary alicyclic amines) is 1. The number of halogens is 1. The van der Waals surface area contributed by atoms with E-state index in [-0.39, 0.29) is 5.75 Å². The first kappa shape index (κ1) is 11.4. The van der Waals surface area contributed by atoms with Gasteiger partial charge < -0.3 is 10.0 Å². The van der Waals surface area contributed by atoms with Crippen LogP contribution in [-0.4, -0.2) is 35.8 Å². The first-order valence-corrected chi connectivity index (χ1v) is 5.73. The molecular weight excluding hydrogens is 205 g/mol. The fourth-order valence-corrected chi connectivity index (χ4v) is 2.23. The molecule has 16 heavy (non-hydrogen) atoms. The number of aromatic hydroxyl groups is 1. The molecule has 1 aromatic rings. The molecule has 1 aromatic carbocycles. The summed E-state index contributed by atoms with van der Waals surface area (Å²) < 4.78 is 14.5. The van der Waals surface area contributed by atoms with Crippen molar-refractivity contribution in [1.82, 2.24) is 4.90 Å². The van der Waals surface area contributed by atoms with Gasteiger partial charge in [0.05, 0.1) is 0 Å². The predicted octanol–water partition coefficient (Wildman–Crippen LogP) is 2.37. The van der Waals surface area contributed by atoms with E-state index in [0.717, 1.165) is 18.7 Å². The highest BCUT2D eigenvalue weighted by molar-refractivity contribution is 5.28. The third kappa shape index (κ3) is 2.73. The molecule has 0 aromatic heterocycles. The van der Waals surface area contributed by atoms with Gasteiger partial charge in [0.2, 0.25) is 0 Å². The Hall–Kier alpha value is -1.09. The van der Waals surface area contributed by atoms with Crippen molar-refractivity contribution < 1.29 is 9.50 Å². The Morgan fingerprint density at radius 2 is 2.06 bits per heavy atom. The zero-order valence-electron chi connectivity index (χ0n) is 9.62. The number of rotatable bonds is 2. The summed E-state index contributed by atoms with van der Waals surface area (Å²) >= 11 is 0. The molecule has 0 unspecified atom stereocenters. The van der Waals surface area contributed by atoms with Gasteiger partial charge in [0.25, 0.3) is 0 Å². The Labute approximate surface area is 95.7 Å². The highest BCUT2D eigenvalue weighted by Crippen LogP contribution is 2.30. The highest BCUT2D eigenvalue weighted by atomic mass is 19.1. The number of phenolic OH excluding ortho intramolecular Hbond substituents is 1. The topological polar surface area (TPSA) is 23.5 Å². The Bertz CT molecular complexity index is 359. The maximum absolute atomic E-state index is 14.5. The fourth-order valence-electron chi connectivity index (χ4n) is 2.23. The fraction of sp³-hybridized carbons (Fsp3) is 0.538. The van der Waals surface area contributed by atoms with E-state index >= 15 is 0 Å². The summed E-state index contributed by atoms with van der Waals surface area (Å²) in [5.41, 5.74) is -0.215. The van der Waals surface area contributed by atoms with Crippen LogP contribution in [0.3, 0.4) is 0 Å². The van der Waals surface area contributed by atoms with Crippen LogP contribution in [0.15, 0.2) is 24.3 Å². The minimum absolute atomic E-state index is 0.217. The van der Waals surface area contributed by atoms with E-state index in [2.05, 4.69) is 4.90 Å². The van der Waals surface area contributed by atoms with Crippen LogP contribution in [0.4, 0.5) is 4.39 Å². The number of alkyl halides is 1. The second-order valence-corrected chi connectivity index (χ2v) is 4.80. The summed E-state index contributed by atoms with van der Waals surface area (Å²) in [5.74, 6) is 0.217. The van der Waals surface area contributed by atoms with Crippen LogP contribution in [0.25, 0.3) is 0 Å². The molecule has 1 heterocycles. The maximum atomic E-state index is 14.5. The van der Waals surface area contributed by atoms with E-state index in [0.29, 0.717) is 19.3 Å². The molecule has 0 amide bonds. The molecule has 0 aliphatic carbocycles. The largest absolute Gasteiger partial charge is 0.508 e. The number of phenols is 1. The zero-order chi connectivity index (χ0) is 11.6. The Balaban J connectivity index is 2.03. The highest BCUT2D eigenvalue weighted by Gasteiger charge is 2.33. The lowest BCUT2D eigenvalue weighted by molar-refractivity contribution is 0.0697. The van der Waals surface area contributed by atoms with Crippen LogP contribution in [0.2, 0.25) is 0 Å². The molecule has 1 N–H and O–H groups in total. The molecule has 3 heteroatoms. The molecular formula is C13H18FNO. The lowest BCUT2D eigenvalue weighted by atomic mass is 9.87. The van der Waals surface area contributed by atoms with Crippen LogP contribution in [0.1, 0.15) is 18.4 Å². The smallest absolute Gasteiger partial charge is 0.117 e. The van der Waals surface area contributed by atoms with E-state index in [9.17, 15) is 9.50 Å². The number of hydrogen-bond donors (Lipinski definition) is 1. The van der Waals surface area contributed by atoms with Crippen molar-refractivity contribution in [2.24, 2.45) is 0 Å². The third-order valence-electron chi connectivity index (χ3n) is 3.31. The van der Waals surface area contributed by atoms with Crippen LogP contribution in [-0.2, 0) is 6.42 Å². The summed E-state index contributed by atoms with van der Waals surface area (Å²) in [7, 11) is 2.02. The van der Waals surface area contributed by atoms with Crippen LogP contribution in [0.5, 0.6) is 5.75 Å². The molecule has 1 aliphatic rings. The van der Waals surface area contributed by atoms with Gasteiger partial charge in [-0.2, -0.15) is 0 Å². The number of benzene rings is 1. The van der Waals surface area contributed by atoms with Gasteiger partial charge in [0.15, 0.2) is 0 Å². The molecule has 1 fully saturated rings. The van der Waals surface area contributed by atoms with Gasteiger partial charge in [-0.15, -0.1) is 0 Å². The van der Waals surface area contributed by atoms with Gasteiger partial charge in [0.1, 0.15) is 11.4 Å². The molecule has 0 bridgehead atoms. The van der Waals surface area contributed by atoms with Crippen molar-refractivity contribution in [1.29, 1.82) is 0 Å². The van der Waals surface area contributed by atoms with Crippen LogP contribution < -0.4 is 0 Å². The van der Waals surface area contributed by atoms with E-state index in [4.69, 9.17) is 0 Å². The van der Waals surface area contributed by atoms with Crippen molar-refractivity contribution in [2.45, 2.75) is 24.9 Å². The molecule has 0 radical (unpaired) electrons. The van der Waals surface area contributed by atoms with Crippen molar-refractivity contribution >= 4 is 0 Å². The monoisotopic (exact) mass is 223 g/mol. The maximum Gasteiger partial charge on any atom is 0.117 e. The van der Waals surface area contributed by atoms with Gasteiger partial charge >= 0.3 is 0 Å². The Morgan fingerprint density at radius 3 is 2.69 bits per heavy atom. The average molecular weight is 223 g/mol. The van der Waals surface area contributed by atoms with Gasteiger partial charge in [-0.05, 0) is 37.6 Å². The molecule has 0 saturated carbocycles. The number of hydrogen-bond acceptors (Lipinski definition) is 2. The summed E-state index contributed by atoms with van der Waals surface area (Å²) in [5, 5.41) is 9.34. The molecule has 2 rings (SSSR count). The zero-order valence-corrected chi connectivity index (χ0v) is 9.62. The van der Waals surface area contributed by atoms with Crippen LogP contribution in [0, 0.1) is 0 Å². The molecule has 1 saturated heterocycles. The van der Waals surface area contributed by atoms with Crippen molar-refractivity contribution in [2.75, 3.05) is 20.1 Å². The van der Waals surface area contributed by atoms with E-state index in [1.165, 1.54) is 0 Å². The molecule has 0 atom stereocenters. The lowest BCUT2D eigenvalue weighted by Gasteiger charge is -2.34. The van der Waals surface area contributed by atoms with Gasteiger partial charge in [0, 0.05) is 19.5 Å². The minimum atomic E-state index is -1.10. The minimum Gasteiger partial charge on any atom is -0.508 e. The Morgan fingerprint density at radius 1 is 1.38 bits per heavy atom. The van der Waals surface area contributed by atoms with Gasteiger partial charge in [-0.25, -0.2) is 4.39 Å². The Kier molecular flexibility index (Phi) is 3.15. The summed E-state index contributed by atoms with van der Waals surface area (Å²) in [6.07, 6.45) is 1.58. The molecule has 1 aliphatic heterocycles. The average Bonchev–Trinajstić information content (AvgIpc) is 2.23. The molecule has 2 nitrogen and oxygen atoms in total. The summed E-state index contributed by atoms with van der Waals surface area (Å²) in [4.78, 5) is 2.15. The number of nitrogens with zero attached hydrogens (tertiary/aromatic N) is 1. The lowest BCUT2D eigenvalue weighted by Crippen LogP contribution is -2.41. The van der Waals surface area contributed by atoms with Crippen LogP contribution >= 0.6 is 0 Å². The first-order chi connectivity index (χ1) is 7.57. The normalized spacial score (nSPS) is 20.9. The third-order valence-corrected chi connectivity index (χ3v) is 3.31. The predicted molar refractivity (Wildman–Crippen MR) is 62.4 cm³/mol. The SMILES string of the molecule is CN1CCC(F)(Cc2cccc(O)c2)CC1. The molecule has 88 valence electrons. The standard InChI is InChI=1S/C13H18FNO/c1-15-7-5-13(14,6-8-15)10-11-3-2-4-12(16)9-11/h2-4,9,16H,5-8,10H2,1H3. The van der Waals surface area contributed by atoms with Gasteiger partial charge in [-0.1, -0.05) is 12.1 Å². The van der Waals surface area contributed by atoms with E-state index in [1.54, 1.807) is 18.2 Å². The second kappa shape index (κ2) is 4.42. The second-order valence-electron chi connectivity index (χ2n) is 4.80. The van der Waals surface area contributed by atoms with Gasteiger partial charge in [-0.3, -0.25) is 0 Å². The first-order valence-electron chi connectivity index (χ1n) is 5.73. The van der Waals surface area contributed by atoms with E-state index in [1.807, 2.05) is 13.1 Å². The number of piperidine rings is 1. The van der Waals surface area contributed by atoms with Crippen molar-refractivity contribution in [3.8, 4) is 5.75 Å². The quantitative estimate of drug-likeness (QED) is 0.832. The molecule has 0 spiro atoms. The van der Waals surface area contributed by atoms with Crippen molar-refractivity contribution in [3.63, 3.8) is 0 Å². The summed E-state index contributed by atoms with van der Waals surface area (Å²) in [6.45, 7) is 1.63.